The van der Waals surface area contributed by atoms with E-state index >= 15 is 0 Å². The van der Waals surface area contributed by atoms with Gasteiger partial charge >= 0.3 is 6.18 Å². The van der Waals surface area contributed by atoms with Gasteiger partial charge in [0, 0.05) is 18.3 Å². The van der Waals surface area contributed by atoms with Crippen molar-refractivity contribution in [3.05, 3.63) is 106 Å². The van der Waals surface area contributed by atoms with Crippen molar-refractivity contribution in [3.8, 4) is 11.3 Å². The third-order valence-corrected chi connectivity index (χ3v) is 8.09. The maximum Gasteiger partial charge on any atom is 0.416 e. The summed E-state index contributed by atoms with van der Waals surface area (Å²) >= 11 is 1.97. The average molecular weight is 668 g/mol. The minimum atomic E-state index is -4.30. The third-order valence-electron chi connectivity index (χ3n) is 5.91. The molecule has 1 N–H and O–H groups in total. The normalized spacial score (nSPS) is 11.7. The molecule has 2 aromatic carbocycles. The Hall–Kier alpha value is -3.46. The fraction of sp³-hybridized carbons (Fsp3) is 0.192. The van der Waals surface area contributed by atoms with E-state index in [2.05, 4.69) is 20.1 Å². The highest BCUT2D eigenvalue weighted by molar-refractivity contribution is 14.1. The van der Waals surface area contributed by atoms with Crippen LogP contribution in [0.4, 0.5) is 13.2 Å². The lowest BCUT2D eigenvalue weighted by atomic mass is 10.0. The van der Waals surface area contributed by atoms with Gasteiger partial charge in [0.15, 0.2) is 0 Å². The molecule has 0 aliphatic rings. The lowest BCUT2D eigenvalue weighted by Gasteiger charge is -2.08. The summed E-state index contributed by atoms with van der Waals surface area (Å²) in [6.07, 6.45) is 4.88. The van der Waals surface area contributed by atoms with Crippen LogP contribution in [0.5, 0.6) is 0 Å². The maximum atomic E-state index is 12.6. The highest BCUT2D eigenvalue weighted by atomic mass is 127. The Morgan fingerprint density at radius 2 is 1.69 bits per heavy atom. The second-order valence-electron chi connectivity index (χ2n) is 8.63. The number of alkyl halides is 3. The van der Waals surface area contributed by atoms with Crippen LogP contribution in [0.1, 0.15) is 22.4 Å². The molecule has 5 rings (SSSR count). The summed E-state index contributed by atoms with van der Waals surface area (Å²) < 4.78 is 65.4. The van der Waals surface area contributed by atoms with Gasteiger partial charge in [-0.05, 0) is 72.2 Å². The van der Waals surface area contributed by atoms with Crippen LogP contribution in [-0.2, 0) is 36.1 Å². The van der Waals surface area contributed by atoms with Crippen LogP contribution in [-0.4, -0.2) is 37.1 Å². The predicted octanol–water partition coefficient (Wildman–Crippen LogP) is 5.65. The van der Waals surface area contributed by atoms with Crippen LogP contribution in [0.15, 0.2) is 84.7 Å². The monoisotopic (exact) mass is 668 g/mol. The van der Waals surface area contributed by atoms with E-state index in [0.717, 1.165) is 44.2 Å². The van der Waals surface area contributed by atoms with Gasteiger partial charge in [-0.15, -0.1) is 0 Å². The Bertz CT molecular complexity index is 1630. The van der Waals surface area contributed by atoms with Crippen molar-refractivity contribution in [2.24, 2.45) is 7.05 Å². The first-order chi connectivity index (χ1) is 18.4. The molecule has 0 radical (unpaired) electrons. The fourth-order valence-corrected chi connectivity index (χ4v) is 5.50. The smallest absolute Gasteiger partial charge is 0.345 e. The minimum absolute atomic E-state index is 0.270. The quantitative estimate of drug-likeness (QED) is 0.236. The van der Waals surface area contributed by atoms with Crippen molar-refractivity contribution >= 4 is 32.6 Å². The van der Waals surface area contributed by atoms with Gasteiger partial charge in [0.25, 0.3) is 10.0 Å². The number of aromatic amines is 1. The van der Waals surface area contributed by atoms with Crippen LogP contribution < -0.4 is 0 Å². The summed E-state index contributed by atoms with van der Waals surface area (Å²) in [5.41, 5.74) is 4.10. The number of nitrogens with one attached hydrogen (secondary N) is 1. The SMILES string of the molecule is Cc1ccc(S(=O)(=O)n2cnc(I)c2)cc1.Cn1ncc(-c2cnc[nH]2)c1CCc1ccc(C(F)(F)F)cc1. The average Bonchev–Trinajstić information content (AvgIpc) is 3.65. The highest BCUT2D eigenvalue weighted by Gasteiger charge is 2.29. The molecular weight excluding hydrogens is 644 g/mol. The molecule has 0 saturated heterocycles. The number of aryl methyl sites for hydroxylation is 3. The molecule has 0 amide bonds. The zero-order valence-electron chi connectivity index (χ0n) is 20.9. The molecular formula is C26H24F3IN6O2S. The molecule has 204 valence electrons. The van der Waals surface area contributed by atoms with E-state index in [9.17, 15) is 21.6 Å². The minimum Gasteiger partial charge on any atom is -0.345 e. The van der Waals surface area contributed by atoms with E-state index in [-0.39, 0.29) is 4.90 Å². The highest BCUT2D eigenvalue weighted by Crippen LogP contribution is 2.29. The summed E-state index contributed by atoms with van der Waals surface area (Å²) in [7, 11) is -1.64. The van der Waals surface area contributed by atoms with Crippen molar-refractivity contribution in [2.45, 2.75) is 30.8 Å². The molecule has 0 unspecified atom stereocenters. The van der Waals surface area contributed by atoms with E-state index in [1.165, 1.54) is 24.7 Å². The Labute approximate surface area is 237 Å². The topological polar surface area (TPSA) is 98.5 Å². The zero-order valence-corrected chi connectivity index (χ0v) is 23.9. The first-order valence-corrected chi connectivity index (χ1v) is 14.1. The number of rotatable bonds is 6. The largest absolute Gasteiger partial charge is 0.416 e. The molecule has 0 aliphatic heterocycles. The van der Waals surface area contributed by atoms with Crippen LogP contribution in [0, 0.1) is 10.6 Å². The van der Waals surface area contributed by atoms with E-state index < -0.39 is 21.8 Å². The maximum absolute atomic E-state index is 12.6. The van der Waals surface area contributed by atoms with Gasteiger partial charge in [0.05, 0.1) is 41.1 Å². The number of hydrogen-bond acceptors (Lipinski definition) is 5. The molecule has 0 fully saturated rings. The lowest BCUT2D eigenvalue weighted by molar-refractivity contribution is -0.137. The van der Waals surface area contributed by atoms with E-state index in [1.807, 2.05) is 36.6 Å². The Morgan fingerprint density at radius 1 is 1.00 bits per heavy atom. The van der Waals surface area contributed by atoms with E-state index in [0.29, 0.717) is 16.5 Å². The molecule has 8 nitrogen and oxygen atoms in total. The third kappa shape index (κ3) is 6.95. The van der Waals surface area contributed by atoms with Crippen molar-refractivity contribution in [1.82, 2.24) is 28.7 Å². The molecule has 0 saturated carbocycles. The molecule has 0 aliphatic carbocycles. The number of benzene rings is 2. The molecule has 13 heteroatoms. The van der Waals surface area contributed by atoms with Crippen molar-refractivity contribution in [3.63, 3.8) is 0 Å². The number of aromatic nitrogens is 6. The fourth-order valence-electron chi connectivity index (χ4n) is 3.76. The standard InChI is InChI=1S/C16H15F3N4.C10H9IN2O2S/c1-23-15(13(8-22-23)14-9-20-10-21-14)7-4-11-2-5-12(6-3-11)16(17,18)19;1-8-2-4-9(5-3-8)16(14,15)13-6-10(11)12-7-13/h2-3,5-6,8-10H,4,7H2,1H3,(H,20,21);2-7H,1H3. The van der Waals surface area contributed by atoms with Crippen molar-refractivity contribution in [2.75, 3.05) is 0 Å². The van der Waals surface area contributed by atoms with Gasteiger partial charge in [0.2, 0.25) is 0 Å². The number of imidazole rings is 2. The predicted molar refractivity (Wildman–Crippen MR) is 148 cm³/mol. The molecule has 0 atom stereocenters. The van der Waals surface area contributed by atoms with E-state index in [1.54, 1.807) is 47.7 Å². The van der Waals surface area contributed by atoms with Gasteiger partial charge in [-0.3, -0.25) is 4.68 Å². The number of hydrogen-bond donors (Lipinski definition) is 1. The van der Waals surface area contributed by atoms with Gasteiger partial charge in [-0.1, -0.05) is 29.8 Å². The zero-order chi connectivity index (χ0) is 28.2. The Kier molecular flexibility index (Phi) is 8.59. The second-order valence-corrected chi connectivity index (χ2v) is 11.6. The summed E-state index contributed by atoms with van der Waals surface area (Å²) in [6, 6.07) is 12.0. The first kappa shape index (κ1) is 28.5. The van der Waals surface area contributed by atoms with Gasteiger partial charge in [0.1, 0.15) is 10.0 Å². The summed E-state index contributed by atoms with van der Waals surface area (Å²) in [5, 5.41) is 4.25. The summed E-state index contributed by atoms with van der Waals surface area (Å²) in [5.74, 6) is 0. The molecule has 5 aromatic rings. The van der Waals surface area contributed by atoms with Gasteiger partial charge in [-0.25, -0.2) is 22.4 Å². The van der Waals surface area contributed by atoms with E-state index in [4.69, 9.17) is 0 Å². The van der Waals surface area contributed by atoms with Crippen molar-refractivity contribution in [1.29, 1.82) is 0 Å². The second kappa shape index (κ2) is 11.7. The lowest BCUT2D eigenvalue weighted by Crippen LogP contribution is -2.10. The van der Waals surface area contributed by atoms with Gasteiger partial charge < -0.3 is 4.98 Å². The number of H-pyrrole nitrogens is 1. The molecule has 0 bridgehead atoms. The van der Waals surface area contributed by atoms with Crippen LogP contribution in [0.2, 0.25) is 0 Å². The van der Waals surface area contributed by atoms with Crippen LogP contribution in [0.25, 0.3) is 11.3 Å². The molecule has 3 aromatic heterocycles. The number of nitrogens with zero attached hydrogens (tertiary/aromatic N) is 5. The van der Waals surface area contributed by atoms with Crippen LogP contribution >= 0.6 is 22.6 Å². The number of halogens is 4. The summed E-state index contributed by atoms with van der Waals surface area (Å²) in [4.78, 5) is 11.2. The molecule has 39 heavy (non-hydrogen) atoms. The van der Waals surface area contributed by atoms with Gasteiger partial charge in [-0.2, -0.15) is 18.3 Å². The first-order valence-electron chi connectivity index (χ1n) is 11.6. The van der Waals surface area contributed by atoms with Crippen molar-refractivity contribution < 1.29 is 21.6 Å². The molecule has 0 spiro atoms. The Morgan fingerprint density at radius 3 is 2.26 bits per heavy atom. The molecule has 3 heterocycles. The van der Waals surface area contributed by atoms with Crippen LogP contribution in [0.3, 0.4) is 0 Å². The Balaban J connectivity index is 0.000000193. The summed E-state index contributed by atoms with van der Waals surface area (Å²) in [6.45, 7) is 1.91.